The fourth-order valence-electron chi connectivity index (χ4n) is 0.922. The summed E-state index contributed by atoms with van der Waals surface area (Å²) in [5.41, 5.74) is 0. The number of hydrogen-bond acceptors (Lipinski definition) is 2. The predicted octanol–water partition coefficient (Wildman–Crippen LogP) is 0.551. The van der Waals surface area contributed by atoms with Gasteiger partial charge in [0.15, 0.2) is 0 Å². The summed E-state index contributed by atoms with van der Waals surface area (Å²) in [5, 5.41) is 3.24. The first-order valence-electron chi connectivity index (χ1n) is 3.32. The SMILES string of the molecule is COC1CC=CCNC1. The molecule has 52 valence electrons. The molecule has 0 fully saturated rings. The van der Waals surface area contributed by atoms with Gasteiger partial charge in [-0.2, -0.15) is 0 Å². The van der Waals surface area contributed by atoms with Crippen molar-refractivity contribution in [3.63, 3.8) is 0 Å². The van der Waals surface area contributed by atoms with Crippen LogP contribution in [-0.2, 0) is 4.74 Å². The molecule has 2 nitrogen and oxygen atoms in total. The highest BCUT2D eigenvalue weighted by Crippen LogP contribution is 1.99. The van der Waals surface area contributed by atoms with Crippen molar-refractivity contribution in [3.8, 4) is 0 Å². The van der Waals surface area contributed by atoms with E-state index in [1.807, 2.05) is 0 Å². The zero-order valence-corrected chi connectivity index (χ0v) is 5.76. The van der Waals surface area contributed by atoms with E-state index < -0.39 is 0 Å². The van der Waals surface area contributed by atoms with Gasteiger partial charge in [0.1, 0.15) is 0 Å². The summed E-state index contributed by atoms with van der Waals surface area (Å²) in [6.07, 6.45) is 5.72. The molecule has 0 aliphatic carbocycles. The standard InChI is InChI=1S/C7H13NO/c1-9-7-4-2-3-5-8-6-7/h2-3,7-8H,4-6H2,1H3. The molecular weight excluding hydrogens is 114 g/mol. The molecular formula is C7H13NO. The van der Waals surface area contributed by atoms with Crippen LogP contribution in [0.3, 0.4) is 0 Å². The lowest BCUT2D eigenvalue weighted by atomic mass is 10.2. The molecule has 2 heteroatoms. The first-order chi connectivity index (χ1) is 4.43. The van der Waals surface area contributed by atoms with Gasteiger partial charge >= 0.3 is 0 Å². The van der Waals surface area contributed by atoms with Crippen molar-refractivity contribution in [2.45, 2.75) is 12.5 Å². The highest BCUT2D eigenvalue weighted by molar-refractivity contribution is 4.90. The van der Waals surface area contributed by atoms with Gasteiger partial charge in [-0.1, -0.05) is 12.2 Å². The number of methoxy groups -OCH3 is 1. The summed E-state index contributed by atoms with van der Waals surface area (Å²) in [6, 6.07) is 0. The second-order valence-electron chi connectivity index (χ2n) is 2.22. The van der Waals surface area contributed by atoms with Crippen molar-refractivity contribution < 1.29 is 4.74 Å². The molecule has 1 unspecified atom stereocenters. The minimum Gasteiger partial charge on any atom is -0.380 e. The van der Waals surface area contributed by atoms with Crippen molar-refractivity contribution in [1.82, 2.24) is 5.32 Å². The van der Waals surface area contributed by atoms with Gasteiger partial charge in [-0.15, -0.1) is 0 Å². The van der Waals surface area contributed by atoms with Gasteiger partial charge in [-0.25, -0.2) is 0 Å². The minimum absolute atomic E-state index is 0.378. The van der Waals surface area contributed by atoms with Gasteiger partial charge in [0.25, 0.3) is 0 Å². The van der Waals surface area contributed by atoms with Crippen LogP contribution in [0.25, 0.3) is 0 Å². The summed E-state index contributed by atoms with van der Waals surface area (Å²) in [7, 11) is 1.76. The van der Waals surface area contributed by atoms with E-state index in [0.29, 0.717) is 6.10 Å². The highest BCUT2D eigenvalue weighted by atomic mass is 16.5. The average molecular weight is 127 g/mol. The molecule has 0 bridgehead atoms. The van der Waals surface area contributed by atoms with Crippen LogP contribution in [0.2, 0.25) is 0 Å². The van der Waals surface area contributed by atoms with Crippen LogP contribution in [0.4, 0.5) is 0 Å². The van der Waals surface area contributed by atoms with E-state index in [0.717, 1.165) is 19.5 Å². The monoisotopic (exact) mass is 127 g/mol. The first-order valence-corrected chi connectivity index (χ1v) is 3.32. The molecule has 0 spiro atoms. The number of nitrogens with one attached hydrogen (secondary N) is 1. The molecule has 1 atom stereocenters. The van der Waals surface area contributed by atoms with Crippen molar-refractivity contribution >= 4 is 0 Å². The molecule has 1 N–H and O–H groups in total. The molecule has 0 saturated carbocycles. The van der Waals surface area contributed by atoms with Crippen LogP contribution < -0.4 is 5.32 Å². The third-order valence-corrected chi connectivity index (χ3v) is 1.53. The predicted molar refractivity (Wildman–Crippen MR) is 37.4 cm³/mol. The molecule has 0 amide bonds. The van der Waals surface area contributed by atoms with Gasteiger partial charge in [0.2, 0.25) is 0 Å². The van der Waals surface area contributed by atoms with E-state index in [1.165, 1.54) is 0 Å². The summed E-state index contributed by atoms with van der Waals surface area (Å²) in [5.74, 6) is 0. The lowest BCUT2D eigenvalue weighted by Crippen LogP contribution is -2.26. The van der Waals surface area contributed by atoms with Crippen LogP contribution in [0, 0.1) is 0 Å². The third-order valence-electron chi connectivity index (χ3n) is 1.53. The number of ether oxygens (including phenoxy) is 1. The second-order valence-corrected chi connectivity index (χ2v) is 2.22. The summed E-state index contributed by atoms with van der Waals surface area (Å²) < 4.78 is 5.16. The minimum atomic E-state index is 0.378. The van der Waals surface area contributed by atoms with Gasteiger partial charge in [-0.3, -0.25) is 0 Å². The zero-order valence-electron chi connectivity index (χ0n) is 5.76. The lowest BCUT2D eigenvalue weighted by Gasteiger charge is -2.10. The van der Waals surface area contributed by atoms with Crippen LogP contribution in [0.5, 0.6) is 0 Å². The van der Waals surface area contributed by atoms with E-state index in [2.05, 4.69) is 17.5 Å². The fourth-order valence-corrected chi connectivity index (χ4v) is 0.922. The Balaban J connectivity index is 2.29. The van der Waals surface area contributed by atoms with E-state index in [1.54, 1.807) is 7.11 Å². The molecule has 9 heavy (non-hydrogen) atoms. The van der Waals surface area contributed by atoms with Gasteiger partial charge in [-0.05, 0) is 6.42 Å². The van der Waals surface area contributed by atoms with Gasteiger partial charge < -0.3 is 10.1 Å². The molecule has 0 saturated heterocycles. The van der Waals surface area contributed by atoms with Crippen molar-refractivity contribution in [1.29, 1.82) is 0 Å². The Morgan fingerprint density at radius 3 is 3.22 bits per heavy atom. The average Bonchev–Trinajstić information content (AvgIpc) is 2.13. The molecule has 0 radical (unpaired) electrons. The molecule has 0 aromatic heterocycles. The molecule has 1 aliphatic heterocycles. The first kappa shape index (κ1) is 6.78. The van der Waals surface area contributed by atoms with E-state index in [-0.39, 0.29) is 0 Å². The van der Waals surface area contributed by atoms with Crippen LogP contribution in [0.15, 0.2) is 12.2 Å². The Morgan fingerprint density at radius 2 is 2.44 bits per heavy atom. The molecule has 0 aromatic carbocycles. The quantitative estimate of drug-likeness (QED) is 0.519. The van der Waals surface area contributed by atoms with Crippen LogP contribution >= 0.6 is 0 Å². The maximum atomic E-state index is 5.16. The summed E-state index contributed by atoms with van der Waals surface area (Å²) in [6.45, 7) is 1.96. The van der Waals surface area contributed by atoms with Crippen molar-refractivity contribution in [2.75, 3.05) is 20.2 Å². The molecule has 1 rings (SSSR count). The fraction of sp³-hybridized carbons (Fsp3) is 0.714. The Bertz CT molecular complexity index is 101. The van der Waals surface area contributed by atoms with E-state index in [9.17, 15) is 0 Å². The smallest absolute Gasteiger partial charge is 0.0730 e. The van der Waals surface area contributed by atoms with Crippen molar-refractivity contribution in [2.24, 2.45) is 0 Å². The zero-order chi connectivity index (χ0) is 6.53. The van der Waals surface area contributed by atoms with E-state index >= 15 is 0 Å². The number of hydrogen-bond donors (Lipinski definition) is 1. The Morgan fingerprint density at radius 1 is 1.56 bits per heavy atom. The topological polar surface area (TPSA) is 21.3 Å². The highest BCUT2D eigenvalue weighted by Gasteiger charge is 2.04. The van der Waals surface area contributed by atoms with Gasteiger partial charge in [0.05, 0.1) is 6.10 Å². The Hall–Kier alpha value is -0.340. The Kier molecular flexibility index (Phi) is 2.74. The largest absolute Gasteiger partial charge is 0.380 e. The normalized spacial score (nSPS) is 27.9. The van der Waals surface area contributed by atoms with Crippen molar-refractivity contribution in [3.05, 3.63) is 12.2 Å². The second kappa shape index (κ2) is 3.64. The Labute approximate surface area is 55.9 Å². The molecule has 0 aromatic rings. The van der Waals surface area contributed by atoms with Crippen LogP contribution in [0.1, 0.15) is 6.42 Å². The van der Waals surface area contributed by atoms with E-state index in [4.69, 9.17) is 4.74 Å². The maximum Gasteiger partial charge on any atom is 0.0730 e. The third kappa shape index (κ3) is 2.16. The molecule has 1 aliphatic rings. The van der Waals surface area contributed by atoms with Crippen LogP contribution in [-0.4, -0.2) is 26.3 Å². The molecule has 1 heterocycles. The summed E-state index contributed by atoms with van der Waals surface area (Å²) >= 11 is 0. The van der Waals surface area contributed by atoms with Gasteiger partial charge in [0, 0.05) is 20.2 Å². The maximum absolute atomic E-state index is 5.16. The summed E-state index contributed by atoms with van der Waals surface area (Å²) in [4.78, 5) is 0. The number of rotatable bonds is 1. The lowest BCUT2D eigenvalue weighted by molar-refractivity contribution is 0.107.